The lowest BCUT2D eigenvalue weighted by Gasteiger charge is -2.36. The van der Waals surface area contributed by atoms with Gasteiger partial charge < -0.3 is 15.8 Å². The number of anilines is 1. The molecule has 0 aliphatic carbocycles. The Kier molecular flexibility index (Phi) is 4.88. The van der Waals surface area contributed by atoms with Crippen LogP contribution in [0.15, 0.2) is 30.3 Å². The van der Waals surface area contributed by atoms with Crippen LogP contribution in [0.5, 0.6) is 0 Å². The van der Waals surface area contributed by atoms with Gasteiger partial charge in [0.15, 0.2) is 5.82 Å². The normalized spacial score (nSPS) is 25.5. The number of morpholine rings is 1. The highest BCUT2D eigenvalue weighted by Gasteiger charge is 2.39. The molecule has 3 heterocycles. The molecule has 0 radical (unpaired) electrons. The number of benzene rings is 1. The van der Waals surface area contributed by atoms with Gasteiger partial charge in [-0.2, -0.15) is 5.10 Å². The molecule has 4 rings (SSSR count). The molecule has 7 nitrogen and oxygen atoms in total. The van der Waals surface area contributed by atoms with Gasteiger partial charge in [0.2, 0.25) is 0 Å². The van der Waals surface area contributed by atoms with Crippen molar-refractivity contribution in [2.45, 2.75) is 38.5 Å². The van der Waals surface area contributed by atoms with Gasteiger partial charge in [0, 0.05) is 25.2 Å². The molecule has 0 unspecified atom stereocenters. The predicted octanol–water partition coefficient (Wildman–Crippen LogP) is 1.89. The Bertz CT molecular complexity index is 804. The highest BCUT2D eigenvalue weighted by atomic mass is 16.5. The van der Waals surface area contributed by atoms with E-state index in [1.165, 1.54) is 0 Å². The van der Waals surface area contributed by atoms with Crippen LogP contribution in [0.25, 0.3) is 11.1 Å². The summed E-state index contributed by atoms with van der Waals surface area (Å²) >= 11 is 0. The second-order valence-corrected chi connectivity index (χ2v) is 7.85. The SMILES string of the molecule is CC(C)[C@@H]1CN2C[C@@H](NC(=O)c3[nH]nc(N)c3-c3ccccc3)C[C@H]2CO1. The van der Waals surface area contributed by atoms with Crippen molar-refractivity contribution in [2.75, 3.05) is 25.4 Å². The van der Waals surface area contributed by atoms with Crippen molar-refractivity contribution in [2.24, 2.45) is 5.92 Å². The van der Waals surface area contributed by atoms with E-state index in [4.69, 9.17) is 10.5 Å². The highest BCUT2D eigenvalue weighted by molar-refractivity contribution is 6.01. The van der Waals surface area contributed by atoms with Crippen LogP contribution >= 0.6 is 0 Å². The van der Waals surface area contributed by atoms with Gasteiger partial charge in [0.05, 0.1) is 18.3 Å². The number of nitrogen functional groups attached to an aromatic ring is 1. The lowest BCUT2D eigenvalue weighted by Crippen LogP contribution is -2.48. The number of nitrogens with zero attached hydrogens (tertiary/aromatic N) is 2. The number of ether oxygens (including phenoxy) is 1. The molecule has 2 aromatic rings. The topological polar surface area (TPSA) is 96.3 Å². The number of nitrogens with two attached hydrogens (primary N) is 1. The first kappa shape index (κ1) is 18.0. The van der Waals surface area contributed by atoms with E-state index >= 15 is 0 Å². The molecule has 2 aliphatic rings. The first-order valence-electron chi connectivity index (χ1n) is 9.58. The van der Waals surface area contributed by atoms with E-state index in [-0.39, 0.29) is 18.1 Å². The van der Waals surface area contributed by atoms with Crippen LogP contribution in [0, 0.1) is 5.92 Å². The van der Waals surface area contributed by atoms with Crippen molar-refractivity contribution >= 4 is 11.7 Å². The van der Waals surface area contributed by atoms with Crippen molar-refractivity contribution in [1.82, 2.24) is 20.4 Å². The van der Waals surface area contributed by atoms with Gasteiger partial charge in [0.1, 0.15) is 5.69 Å². The molecular formula is C20H27N5O2. The lowest BCUT2D eigenvalue weighted by atomic mass is 10.0. The van der Waals surface area contributed by atoms with Crippen LogP contribution in [0.4, 0.5) is 5.82 Å². The van der Waals surface area contributed by atoms with Crippen LogP contribution < -0.4 is 11.1 Å². The summed E-state index contributed by atoms with van der Waals surface area (Å²) < 4.78 is 5.98. The maximum atomic E-state index is 12.9. The van der Waals surface area contributed by atoms with E-state index in [0.717, 1.165) is 31.7 Å². The first-order chi connectivity index (χ1) is 13.0. The number of carbonyl (C=O) groups is 1. The Labute approximate surface area is 159 Å². The number of hydrogen-bond donors (Lipinski definition) is 3. The summed E-state index contributed by atoms with van der Waals surface area (Å²) in [5.41, 5.74) is 7.97. The average molecular weight is 369 g/mol. The minimum absolute atomic E-state index is 0.102. The third-order valence-corrected chi connectivity index (χ3v) is 5.61. The number of fused-ring (bicyclic) bond motifs is 1. The van der Waals surface area contributed by atoms with Gasteiger partial charge in [-0.3, -0.25) is 14.8 Å². The van der Waals surface area contributed by atoms with Crippen molar-refractivity contribution in [1.29, 1.82) is 0 Å². The number of hydrogen-bond acceptors (Lipinski definition) is 5. The molecule has 144 valence electrons. The van der Waals surface area contributed by atoms with Gasteiger partial charge >= 0.3 is 0 Å². The third kappa shape index (κ3) is 3.57. The Morgan fingerprint density at radius 2 is 2.11 bits per heavy atom. The Morgan fingerprint density at radius 1 is 1.33 bits per heavy atom. The predicted molar refractivity (Wildman–Crippen MR) is 104 cm³/mol. The van der Waals surface area contributed by atoms with Crippen molar-refractivity contribution < 1.29 is 9.53 Å². The summed E-state index contributed by atoms with van der Waals surface area (Å²) in [6.45, 7) is 6.90. The van der Waals surface area contributed by atoms with E-state index in [0.29, 0.717) is 29.0 Å². The van der Waals surface area contributed by atoms with Crippen LogP contribution in [-0.2, 0) is 4.74 Å². The van der Waals surface area contributed by atoms with Gasteiger partial charge in [-0.15, -0.1) is 0 Å². The van der Waals surface area contributed by atoms with E-state index < -0.39 is 0 Å². The van der Waals surface area contributed by atoms with Gasteiger partial charge in [-0.1, -0.05) is 44.2 Å². The van der Waals surface area contributed by atoms with Gasteiger partial charge in [-0.25, -0.2) is 0 Å². The molecule has 7 heteroatoms. The smallest absolute Gasteiger partial charge is 0.270 e. The molecule has 1 aromatic heterocycles. The third-order valence-electron chi connectivity index (χ3n) is 5.61. The molecule has 2 fully saturated rings. The summed E-state index contributed by atoms with van der Waals surface area (Å²) in [5, 5.41) is 10.0. The Morgan fingerprint density at radius 3 is 2.85 bits per heavy atom. The van der Waals surface area contributed by atoms with E-state index in [1.54, 1.807) is 0 Å². The largest absolute Gasteiger partial charge is 0.382 e. The zero-order valence-corrected chi connectivity index (χ0v) is 15.8. The molecule has 1 amide bonds. The fourth-order valence-electron chi connectivity index (χ4n) is 4.08. The van der Waals surface area contributed by atoms with Crippen LogP contribution in [0.2, 0.25) is 0 Å². The summed E-state index contributed by atoms with van der Waals surface area (Å²) in [4.78, 5) is 15.3. The number of amides is 1. The van der Waals surface area contributed by atoms with Crippen molar-refractivity contribution in [3.8, 4) is 11.1 Å². The molecule has 0 bridgehead atoms. The van der Waals surface area contributed by atoms with Crippen molar-refractivity contribution in [3.63, 3.8) is 0 Å². The fourth-order valence-corrected chi connectivity index (χ4v) is 4.08. The van der Waals surface area contributed by atoms with E-state index in [1.807, 2.05) is 30.3 Å². The summed E-state index contributed by atoms with van der Waals surface area (Å²) in [6.07, 6.45) is 1.17. The highest BCUT2D eigenvalue weighted by Crippen LogP contribution is 2.29. The summed E-state index contributed by atoms with van der Waals surface area (Å²) in [7, 11) is 0. The Balaban J connectivity index is 1.45. The summed E-state index contributed by atoms with van der Waals surface area (Å²) in [5.74, 6) is 0.675. The number of aromatic nitrogens is 2. The number of carbonyl (C=O) groups excluding carboxylic acids is 1. The Hall–Kier alpha value is -2.38. The van der Waals surface area contributed by atoms with Crippen LogP contribution in [0.3, 0.4) is 0 Å². The van der Waals surface area contributed by atoms with E-state index in [2.05, 4.69) is 34.3 Å². The second kappa shape index (κ2) is 7.32. The monoisotopic (exact) mass is 369 g/mol. The maximum absolute atomic E-state index is 12.9. The molecule has 2 aliphatic heterocycles. The molecule has 0 saturated carbocycles. The molecule has 2 saturated heterocycles. The molecule has 0 spiro atoms. The minimum Gasteiger partial charge on any atom is -0.382 e. The second-order valence-electron chi connectivity index (χ2n) is 7.85. The van der Waals surface area contributed by atoms with E-state index in [9.17, 15) is 4.79 Å². The van der Waals surface area contributed by atoms with Gasteiger partial charge in [-0.05, 0) is 17.9 Å². The standard InChI is InChI=1S/C20H27N5O2/c1-12(2)16-10-25-9-14(8-15(25)11-27-16)22-20(26)18-17(19(21)24-23-18)13-6-4-3-5-7-13/h3-7,12,14-16H,8-11H2,1-2H3,(H,22,26)(H3,21,23,24)/t14-,15-,16-/m0/s1. The van der Waals surface area contributed by atoms with Crippen LogP contribution in [0.1, 0.15) is 30.8 Å². The minimum atomic E-state index is -0.163. The zero-order chi connectivity index (χ0) is 19.0. The number of H-pyrrole nitrogens is 1. The molecular weight excluding hydrogens is 342 g/mol. The number of aromatic amines is 1. The average Bonchev–Trinajstić information content (AvgIpc) is 3.24. The molecule has 4 N–H and O–H groups in total. The number of rotatable bonds is 4. The molecule has 27 heavy (non-hydrogen) atoms. The summed E-state index contributed by atoms with van der Waals surface area (Å²) in [6, 6.07) is 10.1. The first-order valence-corrected chi connectivity index (χ1v) is 9.58. The zero-order valence-electron chi connectivity index (χ0n) is 15.8. The molecule has 1 aromatic carbocycles. The van der Waals surface area contributed by atoms with Crippen molar-refractivity contribution in [3.05, 3.63) is 36.0 Å². The fraction of sp³-hybridized carbons (Fsp3) is 0.500. The molecule has 3 atom stereocenters. The lowest BCUT2D eigenvalue weighted by molar-refractivity contribution is -0.0683. The van der Waals surface area contributed by atoms with Gasteiger partial charge in [0.25, 0.3) is 5.91 Å². The number of nitrogens with one attached hydrogen (secondary N) is 2. The maximum Gasteiger partial charge on any atom is 0.270 e. The van der Waals surface area contributed by atoms with Crippen LogP contribution in [-0.4, -0.2) is 58.9 Å². The quantitative estimate of drug-likeness (QED) is 0.765.